The maximum absolute atomic E-state index is 12.5. The lowest BCUT2D eigenvalue weighted by molar-refractivity contribution is -0.0656. The van der Waals surface area contributed by atoms with Gasteiger partial charge in [-0.1, -0.05) is 0 Å². The fourth-order valence-corrected chi connectivity index (χ4v) is 1.25. The van der Waals surface area contributed by atoms with E-state index in [1.807, 2.05) is 0 Å². The van der Waals surface area contributed by atoms with Crippen molar-refractivity contribution in [1.82, 2.24) is 0 Å². The van der Waals surface area contributed by atoms with Crippen LogP contribution in [-0.2, 0) is 14.0 Å². The van der Waals surface area contributed by atoms with E-state index < -0.39 is 27.2 Å². The zero-order valence-electron chi connectivity index (χ0n) is 5.68. The Morgan fingerprint density at radius 2 is 1.62 bits per heavy atom. The van der Waals surface area contributed by atoms with Crippen molar-refractivity contribution in [3.8, 4) is 0 Å². The second-order valence-electron chi connectivity index (χ2n) is 1.83. The molecule has 1 atom stereocenters. The van der Waals surface area contributed by atoms with Gasteiger partial charge in [-0.15, -0.1) is 0 Å². The highest BCUT2D eigenvalue weighted by atomic mass is 32.2. The average molecular weight is 246 g/mol. The minimum Gasteiger partial charge on any atom is -0.264 e. The number of hydrogen-bond donors (Lipinski definition) is 1. The van der Waals surface area contributed by atoms with Crippen LogP contribution in [0.4, 0.5) is 22.0 Å². The highest BCUT2D eigenvalue weighted by molar-refractivity contribution is 7.93. The van der Waals surface area contributed by atoms with E-state index in [1.165, 1.54) is 0 Å². The molecule has 0 saturated carbocycles. The zero-order valence-corrected chi connectivity index (χ0v) is 7.39. The molecule has 0 aliphatic heterocycles. The van der Waals surface area contributed by atoms with Crippen molar-refractivity contribution in [3.05, 3.63) is 0 Å². The molecule has 0 aliphatic carbocycles. The van der Waals surface area contributed by atoms with Crippen LogP contribution in [0.1, 0.15) is 0 Å². The summed E-state index contributed by atoms with van der Waals surface area (Å²) in [6.45, 7) is -2.50. The molecule has 0 aromatic rings. The number of rotatable bonds is 3. The van der Waals surface area contributed by atoms with Gasteiger partial charge in [0.25, 0.3) is 0 Å². The number of sulfone groups is 1. The molecule has 0 bridgehead atoms. The Bertz CT molecular complexity index is 265. The van der Waals surface area contributed by atoms with Crippen molar-refractivity contribution in [2.45, 2.75) is 10.7 Å². The summed E-state index contributed by atoms with van der Waals surface area (Å²) >= 11 is 2.51. The first-order valence-corrected chi connectivity index (χ1v) is 4.35. The Morgan fingerprint density at radius 1 is 1.23 bits per heavy atom. The first kappa shape index (κ1) is 12.9. The molecule has 13 heavy (non-hydrogen) atoms. The molecular formula is C3H3F5O3S2. The van der Waals surface area contributed by atoms with Gasteiger partial charge in [-0.2, -0.15) is 17.6 Å². The van der Waals surface area contributed by atoms with Gasteiger partial charge in [0.2, 0.25) is 0 Å². The molecule has 0 spiro atoms. The van der Waals surface area contributed by atoms with Gasteiger partial charge in [-0.05, 0) is 12.9 Å². The predicted octanol–water partition coefficient (Wildman–Crippen LogP) is 1.38. The van der Waals surface area contributed by atoms with Crippen LogP contribution in [0.25, 0.3) is 0 Å². The minimum atomic E-state index is -6.38. The summed E-state index contributed by atoms with van der Waals surface area (Å²) in [4.78, 5) is 0. The third-order valence-electron chi connectivity index (χ3n) is 1.00. The van der Waals surface area contributed by atoms with Crippen molar-refractivity contribution in [3.63, 3.8) is 0 Å². The summed E-state index contributed by atoms with van der Waals surface area (Å²) in [6, 6.07) is 0. The molecule has 10 heteroatoms. The molecule has 0 heterocycles. The summed E-state index contributed by atoms with van der Waals surface area (Å²) in [5, 5.41) is -4.49. The Balaban J connectivity index is 5.28. The Morgan fingerprint density at radius 3 is 1.69 bits per heavy atom. The minimum absolute atomic E-state index is 2.50. The van der Waals surface area contributed by atoms with Crippen LogP contribution in [0, 0.1) is 0 Å². The molecule has 0 aromatic carbocycles. The fraction of sp³-hybridized carbons (Fsp3) is 1.00. The topological polar surface area (TPSA) is 43.4 Å². The summed E-state index contributed by atoms with van der Waals surface area (Å²) in [5.41, 5.74) is -5.93. The number of halogens is 5. The van der Waals surface area contributed by atoms with Gasteiger partial charge in [-0.25, -0.2) is 12.8 Å². The standard InChI is InChI=1S/C3H3F5O3S2/c4-1-2(5,11-12)13(9,10)3(6,7)8/h12H,1H2. The van der Waals surface area contributed by atoms with Crippen LogP contribution in [0.2, 0.25) is 0 Å². The van der Waals surface area contributed by atoms with E-state index >= 15 is 0 Å². The van der Waals surface area contributed by atoms with Crippen LogP contribution in [-0.4, -0.2) is 25.8 Å². The summed E-state index contributed by atoms with van der Waals surface area (Å²) in [7, 11) is -6.38. The van der Waals surface area contributed by atoms with Crippen LogP contribution < -0.4 is 0 Å². The Hall–Kier alpha value is -0.0900. The van der Waals surface area contributed by atoms with Gasteiger partial charge in [0.15, 0.2) is 6.67 Å². The van der Waals surface area contributed by atoms with Gasteiger partial charge in [0, 0.05) is 0 Å². The van der Waals surface area contributed by atoms with Crippen molar-refractivity contribution >= 4 is 22.7 Å². The normalized spacial score (nSPS) is 18.3. The highest BCUT2D eigenvalue weighted by Crippen LogP contribution is 2.36. The highest BCUT2D eigenvalue weighted by Gasteiger charge is 2.62. The predicted molar refractivity (Wildman–Crippen MR) is 34.9 cm³/mol. The quantitative estimate of drug-likeness (QED) is 0.464. The van der Waals surface area contributed by atoms with Crippen LogP contribution in [0.5, 0.6) is 0 Å². The lowest BCUT2D eigenvalue weighted by Crippen LogP contribution is -2.45. The first-order valence-electron chi connectivity index (χ1n) is 2.51. The fourth-order valence-electron chi connectivity index (χ4n) is 0.318. The summed E-state index contributed by atoms with van der Waals surface area (Å²) in [6.07, 6.45) is 0. The molecule has 0 fully saturated rings. The summed E-state index contributed by atoms with van der Waals surface area (Å²) in [5.74, 6) is 0. The smallest absolute Gasteiger partial charge is 0.264 e. The van der Waals surface area contributed by atoms with Crippen molar-refractivity contribution in [1.29, 1.82) is 0 Å². The molecule has 0 amide bonds. The third-order valence-corrected chi connectivity index (χ3v) is 3.02. The van der Waals surface area contributed by atoms with Gasteiger partial charge >= 0.3 is 20.5 Å². The molecule has 0 saturated heterocycles. The average Bonchev–Trinajstić information content (AvgIpc) is 2.00. The summed E-state index contributed by atoms with van der Waals surface area (Å²) < 4.78 is 82.4. The first-order chi connectivity index (χ1) is 5.62. The van der Waals surface area contributed by atoms with Crippen LogP contribution in [0.15, 0.2) is 0 Å². The van der Waals surface area contributed by atoms with Crippen LogP contribution in [0.3, 0.4) is 0 Å². The number of thiol groups is 1. The van der Waals surface area contributed by atoms with E-state index in [0.29, 0.717) is 0 Å². The number of alkyl halides is 5. The molecule has 0 rings (SSSR count). The monoisotopic (exact) mass is 246 g/mol. The van der Waals surface area contributed by atoms with E-state index in [2.05, 4.69) is 17.1 Å². The lowest BCUT2D eigenvalue weighted by atomic mass is 10.8. The number of hydrogen-bond acceptors (Lipinski definition) is 4. The molecule has 1 unspecified atom stereocenters. The zero-order chi connectivity index (χ0) is 10.9. The van der Waals surface area contributed by atoms with Crippen molar-refractivity contribution in [2.75, 3.05) is 6.67 Å². The molecule has 0 N–H and O–H groups in total. The Kier molecular flexibility index (Phi) is 3.55. The maximum Gasteiger partial charge on any atom is 0.503 e. The second kappa shape index (κ2) is 3.58. The van der Waals surface area contributed by atoms with E-state index in [1.54, 1.807) is 0 Å². The second-order valence-corrected chi connectivity index (χ2v) is 4.10. The maximum atomic E-state index is 12.5. The molecule has 0 radical (unpaired) electrons. The van der Waals surface area contributed by atoms with Gasteiger partial charge in [0.1, 0.15) is 0 Å². The van der Waals surface area contributed by atoms with E-state index in [0.717, 1.165) is 0 Å². The third kappa shape index (κ3) is 2.05. The van der Waals surface area contributed by atoms with Crippen molar-refractivity contribution in [2.24, 2.45) is 0 Å². The van der Waals surface area contributed by atoms with E-state index in [9.17, 15) is 30.4 Å². The molecule has 80 valence electrons. The molecule has 0 aliphatic rings. The molecule has 0 aromatic heterocycles. The van der Waals surface area contributed by atoms with Gasteiger partial charge < -0.3 is 0 Å². The van der Waals surface area contributed by atoms with E-state index in [4.69, 9.17) is 0 Å². The van der Waals surface area contributed by atoms with E-state index in [-0.39, 0.29) is 0 Å². The lowest BCUT2D eigenvalue weighted by Gasteiger charge is -2.20. The van der Waals surface area contributed by atoms with Crippen LogP contribution >= 0.6 is 12.9 Å². The molecular weight excluding hydrogens is 243 g/mol. The van der Waals surface area contributed by atoms with Crippen molar-refractivity contribution < 1.29 is 34.6 Å². The SMILES string of the molecule is O=S(=O)(C(F)(F)F)C(F)(CF)OS. The molecule has 3 nitrogen and oxygen atoms in total. The van der Waals surface area contributed by atoms with Gasteiger partial charge in [-0.3, -0.25) is 4.18 Å². The largest absolute Gasteiger partial charge is 0.503 e. The van der Waals surface area contributed by atoms with Gasteiger partial charge in [0.05, 0.1) is 0 Å². The Labute approximate surface area is 75.4 Å².